The molecule has 0 bridgehead atoms. The number of halogens is 1. The monoisotopic (exact) mass is 446 g/mol. The Morgan fingerprint density at radius 2 is 2.21 bits per heavy atom. The summed E-state index contributed by atoms with van der Waals surface area (Å²) in [5.74, 6) is 1.87. The average Bonchev–Trinajstić information content (AvgIpc) is 2.55. The Labute approximate surface area is 160 Å². The van der Waals surface area contributed by atoms with Crippen molar-refractivity contribution in [1.29, 1.82) is 0 Å². The standard InChI is InChI=1S/C16H26N6O.HI/c1-17-16(20-13-8-9-15(23)22(4)11-13)18-10-12-6-5-7-14(19-12)21(2)3;/h5-7,13H,8-11H2,1-4H3,(H2,17,18,20);1H. The number of aromatic nitrogens is 1. The molecule has 2 rings (SSSR count). The number of pyridine rings is 1. The zero-order chi connectivity index (χ0) is 16.8. The molecule has 1 aliphatic heterocycles. The molecule has 1 aromatic rings. The Morgan fingerprint density at radius 1 is 1.46 bits per heavy atom. The molecule has 7 nitrogen and oxygen atoms in total. The fraction of sp³-hybridized carbons (Fsp3) is 0.562. The maximum Gasteiger partial charge on any atom is 0.222 e. The van der Waals surface area contributed by atoms with Crippen molar-refractivity contribution < 1.29 is 4.79 Å². The Morgan fingerprint density at radius 3 is 2.83 bits per heavy atom. The molecule has 0 saturated carbocycles. The van der Waals surface area contributed by atoms with Gasteiger partial charge in [0.1, 0.15) is 5.82 Å². The number of amides is 1. The average molecular weight is 446 g/mol. The van der Waals surface area contributed by atoms with Gasteiger partial charge in [-0.25, -0.2) is 4.98 Å². The van der Waals surface area contributed by atoms with Crippen molar-refractivity contribution in [2.75, 3.05) is 39.6 Å². The second-order valence-electron chi connectivity index (χ2n) is 5.96. The lowest BCUT2D eigenvalue weighted by Gasteiger charge is -2.31. The van der Waals surface area contributed by atoms with Gasteiger partial charge in [0.25, 0.3) is 0 Å². The van der Waals surface area contributed by atoms with Crippen LogP contribution in [0.1, 0.15) is 18.5 Å². The minimum atomic E-state index is 0. The van der Waals surface area contributed by atoms with Crippen LogP contribution in [0.2, 0.25) is 0 Å². The molecular formula is C16H27IN6O. The van der Waals surface area contributed by atoms with Crippen molar-refractivity contribution >= 4 is 41.7 Å². The van der Waals surface area contributed by atoms with E-state index < -0.39 is 0 Å². The predicted molar refractivity (Wildman–Crippen MR) is 108 cm³/mol. The van der Waals surface area contributed by atoms with Gasteiger partial charge in [0.15, 0.2) is 5.96 Å². The van der Waals surface area contributed by atoms with Crippen LogP contribution in [-0.4, -0.2) is 62.5 Å². The highest BCUT2D eigenvalue weighted by Crippen LogP contribution is 2.10. The van der Waals surface area contributed by atoms with E-state index in [2.05, 4.69) is 20.6 Å². The third kappa shape index (κ3) is 5.81. The molecule has 1 aromatic heterocycles. The maximum atomic E-state index is 11.5. The second kappa shape index (κ2) is 9.65. The van der Waals surface area contributed by atoms with E-state index in [4.69, 9.17) is 0 Å². The number of likely N-dealkylation sites (N-methyl/N-ethyl adjacent to an activating group) is 1. The van der Waals surface area contributed by atoms with Gasteiger partial charge >= 0.3 is 0 Å². The number of likely N-dealkylation sites (tertiary alicyclic amines) is 1. The van der Waals surface area contributed by atoms with Crippen molar-refractivity contribution in [3.05, 3.63) is 23.9 Å². The normalized spacial score (nSPS) is 18.0. The first-order valence-electron chi connectivity index (χ1n) is 7.84. The second-order valence-corrected chi connectivity index (χ2v) is 5.96. The molecule has 2 N–H and O–H groups in total. The highest BCUT2D eigenvalue weighted by molar-refractivity contribution is 14.0. The van der Waals surface area contributed by atoms with E-state index in [0.717, 1.165) is 23.9 Å². The first-order chi connectivity index (χ1) is 11.0. The molecule has 1 aliphatic rings. The summed E-state index contributed by atoms with van der Waals surface area (Å²) in [6.45, 7) is 1.30. The minimum absolute atomic E-state index is 0. The number of carbonyl (C=O) groups is 1. The molecule has 24 heavy (non-hydrogen) atoms. The molecular weight excluding hydrogens is 419 g/mol. The van der Waals surface area contributed by atoms with Crippen LogP contribution in [0.15, 0.2) is 23.2 Å². The van der Waals surface area contributed by atoms with Crippen LogP contribution in [0.3, 0.4) is 0 Å². The number of guanidine groups is 1. The Bertz CT molecular complexity index is 577. The summed E-state index contributed by atoms with van der Waals surface area (Å²) in [5.41, 5.74) is 0.954. The molecule has 1 atom stereocenters. The Hall–Kier alpha value is -1.58. The Balaban J connectivity index is 0.00000288. The lowest BCUT2D eigenvalue weighted by Crippen LogP contribution is -2.51. The predicted octanol–water partition coefficient (Wildman–Crippen LogP) is 1.05. The first kappa shape index (κ1) is 20.5. The van der Waals surface area contributed by atoms with Crippen molar-refractivity contribution in [3.8, 4) is 0 Å². The van der Waals surface area contributed by atoms with Gasteiger partial charge in [-0.1, -0.05) is 6.07 Å². The van der Waals surface area contributed by atoms with E-state index in [9.17, 15) is 4.79 Å². The molecule has 1 fully saturated rings. The third-order valence-electron chi connectivity index (χ3n) is 3.88. The van der Waals surface area contributed by atoms with Crippen molar-refractivity contribution in [1.82, 2.24) is 20.5 Å². The molecule has 0 aromatic carbocycles. The summed E-state index contributed by atoms with van der Waals surface area (Å²) in [7, 11) is 7.53. The molecule has 8 heteroatoms. The van der Waals surface area contributed by atoms with Crippen LogP contribution in [0, 0.1) is 0 Å². The number of rotatable bonds is 4. The smallest absolute Gasteiger partial charge is 0.222 e. The lowest BCUT2D eigenvalue weighted by atomic mass is 10.1. The van der Waals surface area contributed by atoms with Gasteiger partial charge in [-0.2, -0.15) is 0 Å². The number of hydrogen-bond donors (Lipinski definition) is 2. The number of aliphatic imine (C=N–C) groups is 1. The number of hydrogen-bond acceptors (Lipinski definition) is 4. The fourth-order valence-electron chi connectivity index (χ4n) is 2.51. The van der Waals surface area contributed by atoms with Gasteiger partial charge in [-0.3, -0.25) is 9.79 Å². The number of nitrogens with zero attached hydrogens (tertiary/aromatic N) is 4. The SMILES string of the molecule is CN=C(NCc1cccc(N(C)C)n1)NC1CCC(=O)N(C)C1.I. The first-order valence-corrected chi connectivity index (χ1v) is 7.84. The third-order valence-corrected chi connectivity index (χ3v) is 3.88. The zero-order valence-electron chi connectivity index (χ0n) is 14.7. The molecule has 0 spiro atoms. The molecule has 1 amide bonds. The van der Waals surface area contributed by atoms with Crippen molar-refractivity contribution in [3.63, 3.8) is 0 Å². The summed E-state index contributed by atoms with van der Waals surface area (Å²) in [4.78, 5) is 24.1. The van der Waals surface area contributed by atoms with E-state index in [1.165, 1.54) is 0 Å². The largest absolute Gasteiger partial charge is 0.363 e. The van der Waals surface area contributed by atoms with Gasteiger partial charge in [-0.15, -0.1) is 24.0 Å². The number of piperidine rings is 1. The fourth-order valence-corrected chi connectivity index (χ4v) is 2.51. The summed E-state index contributed by atoms with van der Waals surface area (Å²) in [6.07, 6.45) is 1.41. The van der Waals surface area contributed by atoms with Crippen LogP contribution in [0.5, 0.6) is 0 Å². The molecule has 1 saturated heterocycles. The highest BCUT2D eigenvalue weighted by Gasteiger charge is 2.23. The van der Waals surface area contributed by atoms with E-state index >= 15 is 0 Å². The van der Waals surface area contributed by atoms with Crippen molar-refractivity contribution in [2.45, 2.75) is 25.4 Å². The lowest BCUT2D eigenvalue weighted by molar-refractivity contribution is -0.132. The van der Waals surface area contributed by atoms with Gasteiger partial charge in [0.05, 0.1) is 12.2 Å². The zero-order valence-corrected chi connectivity index (χ0v) is 17.1. The molecule has 0 aliphatic carbocycles. The summed E-state index contributed by atoms with van der Waals surface area (Å²) in [6, 6.07) is 6.19. The minimum Gasteiger partial charge on any atom is -0.363 e. The van der Waals surface area contributed by atoms with E-state index in [1.807, 2.05) is 44.2 Å². The van der Waals surface area contributed by atoms with Crippen LogP contribution in [0.25, 0.3) is 0 Å². The van der Waals surface area contributed by atoms with Gasteiger partial charge in [-0.05, 0) is 18.6 Å². The Kier molecular flexibility index (Phi) is 8.23. The molecule has 0 radical (unpaired) electrons. The van der Waals surface area contributed by atoms with Crippen LogP contribution in [-0.2, 0) is 11.3 Å². The van der Waals surface area contributed by atoms with Gasteiger partial charge in [0.2, 0.25) is 5.91 Å². The van der Waals surface area contributed by atoms with Gasteiger partial charge in [0, 0.05) is 47.2 Å². The topological polar surface area (TPSA) is 72.9 Å². The van der Waals surface area contributed by atoms with E-state index in [1.54, 1.807) is 11.9 Å². The van der Waals surface area contributed by atoms with E-state index in [-0.39, 0.29) is 35.9 Å². The van der Waals surface area contributed by atoms with Crippen LogP contribution >= 0.6 is 24.0 Å². The molecule has 134 valence electrons. The number of nitrogens with one attached hydrogen (secondary N) is 2. The van der Waals surface area contributed by atoms with Crippen molar-refractivity contribution in [2.24, 2.45) is 4.99 Å². The van der Waals surface area contributed by atoms with Crippen LogP contribution < -0.4 is 15.5 Å². The van der Waals surface area contributed by atoms with Gasteiger partial charge < -0.3 is 20.4 Å². The summed E-state index contributed by atoms with van der Waals surface area (Å²) >= 11 is 0. The molecule has 2 heterocycles. The summed E-state index contributed by atoms with van der Waals surface area (Å²) in [5, 5.41) is 6.65. The highest BCUT2D eigenvalue weighted by atomic mass is 127. The van der Waals surface area contributed by atoms with E-state index in [0.29, 0.717) is 19.5 Å². The number of carbonyl (C=O) groups excluding carboxylic acids is 1. The molecule has 1 unspecified atom stereocenters. The quantitative estimate of drug-likeness (QED) is 0.411. The number of anilines is 1. The van der Waals surface area contributed by atoms with Crippen LogP contribution in [0.4, 0.5) is 5.82 Å². The summed E-state index contributed by atoms with van der Waals surface area (Å²) < 4.78 is 0. The maximum absolute atomic E-state index is 11.5.